The molecule has 154 valence electrons. The highest BCUT2D eigenvalue weighted by Gasteiger charge is 2.37. The molecule has 30 heavy (non-hydrogen) atoms. The van der Waals surface area contributed by atoms with Gasteiger partial charge in [0.1, 0.15) is 11.3 Å². The van der Waals surface area contributed by atoms with E-state index in [1.807, 2.05) is 4.90 Å². The Morgan fingerprint density at radius 1 is 0.967 bits per heavy atom. The fraction of sp³-hybridized carbons (Fsp3) is 0.250. The molecule has 0 unspecified atom stereocenters. The number of carbonyl (C=O) groups excluding carboxylic acids is 3. The smallest absolute Gasteiger partial charge is 0.335 e. The SMILES string of the molecule is O=C1NC(=O)N(c2ccc3c(c2)OCO3)C(=O)C1=Cc1ccc(N2CCOCC2)o1. The molecule has 1 aromatic carbocycles. The van der Waals surface area contributed by atoms with Crippen molar-refractivity contribution in [1.82, 2.24) is 5.32 Å². The average molecular weight is 411 g/mol. The molecule has 1 aromatic heterocycles. The molecule has 5 rings (SSSR count). The summed E-state index contributed by atoms with van der Waals surface area (Å²) < 4.78 is 21.6. The monoisotopic (exact) mass is 411 g/mol. The van der Waals surface area contributed by atoms with Crippen LogP contribution in [0.25, 0.3) is 6.08 Å². The number of morpholine rings is 1. The Labute approximate surface area is 170 Å². The van der Waals surface area contributed by atoms with Crippen LogP contribution in [0.5, 0.6) is 11.5 Å². The Hall–Kier alpha value is -3.79. The molecule has 2 fully saturated rings. The molecular formula is C20H17N3O7. The van der Waals surface area contributed by atoms with Crippen molar-refractivity contribution in [2.24, 2.45) is 0 Å². The van der Waals surface area contributed by atoms with E-state index >= 15 is 0 Å². The number of furan rings is 1. The van der Waals surface area contributed by atoms with E-state index in [1.54, 1.807) is 24.3 Å². The van der Waals surface area contributed by atoms with E-state index in [-0.39, 0.29) is 18.1 Å². The first kappa shape index (κ1) is 18.3. The summed E-state index contributed by atoms with van der Waals surface area (Å²) in [7, 11) is 0. The number of anilines is 2. The first-order chi connectivity index (χ1) is 14.6. The Kier molecular flexibility index (Phi) is 4.40. The predicted octanol–water partition coefficient (Wildman–Crippen LogP) is 1.51. The van der Waals surface area contributed by atoms with Gasteiger partial charge in [0.2, 0.25) is 6.79 Å². The van der Waals surface area contributed by atoms with Crippen molar-refractivity contribution in [3.63, 3.8) is 0 Å². The van der Waals surface area contributed by atoms with Crippen LogP contribution in [0.4, 0.5) is 16.4 Å². The number of benzene rings is 1. The lowest BCUT2D eigenvalue weighted by molar-refractivity contribution is -0.122. The average Bonchev–Trinajstić information content (AvgIpc) is 3.41. The fourth-order valence-electron chi connectivity index (χ4n) is 3.43. The van der Waals surface area contributed by atoms with Gasteiger partial charge in [-0.3, -0.25) is 14.9 Å². The van der Waals surface area contributed by atoms with Crippen molar-refractivity contribution in [2.75, 3.05) is 42.9 Å². The standard InChI is InChI=1S/C20H17N3O7/c24-18-14(10-13-2-4-17(30-13)22-5-7-27-8-6-22)19(25)23(20(26)21-18)12-1-3-15-16(9-12)29-11-28-15/h1-4,9-10H,5-8,11H2,(H,21,24,26). The Morgan fingerprint density at radius 3 is 2.60 bits per heavy atom. The van der Waals surface area contributed by atoms with E-state index in [2.05, 4.69) is 5.32 Å². The number of carbonyl (C=O) groups is 3. The second-order valence-corrected chi connectivity index (χ2v) is 6.77. The lowest BCUT2D eigenvalue weighted by Crippen LogP contribution is -2.54. The first-order valence-electron chi connectivity index (χ1n) is 9.34. The second-order valence-electron chi connectivity index (χ2n) is 6.77. The number of hydrogen-bond acceptors (Lipinski definition) is 8. The third kappa shape index (κ3) is 3.16. The van der Waals surface area contributed by atoms with Crippen LogP contribution in [0.3, 0.4) is 0 Å². The molecule has 0 aliphatic carbocycles. The molecule has 0 atom stereocenters. The highest BCUT2D eigenvalue weighted by atomic mass is 16.7. The number of urea groups is 1. The van der Waals surface area contributed by atoms with Crippen molar-refractivity contribution >= 4 is 35.5 Å². The van der Waals surface area contributed by atoms with Gasteiger partial charge in [-0.25, -0.2) is 9.69 Å². The molecule has 0 radical (unpaired) electrons. The number of fused-ring (bicyclic) bond motifs is 1. The molecule has 1 N–H and O–H groups in total. The van der Waals surface area contributed by atoms with Crippen LogP contribution >= 0.6 is 0 Å². The highest BCUT2D eigenvalue weighted by molar-refractivity contribution is 6.39. The number of rotatable bonds is 3. The zero-order valence-corrected chi connectivity index (χ0v) is 15.8. The summed E-state index contributed by atoms with van der Waals surface area (Å²) in [6.07, 6.45) is 1.33. The summed E-state index contributed by atoms with van der Waals surface area (Å²) in [6, 6.07) is 7.25. The van der Waals surface area contributed by atoms with E-state index < -0.39 is 17.8 Å². The minimum atomic E-state index is -0.838. The third-order valence-corrected chi connectivity index (χ3v) is 4.94. The summed E-state index contributed by atoms with van der Waals surface area (Å²) in [5.41, 5.74) is 0.0451. The maximum Gasteiger partial charge on any atom is 0.335 e. The lowest BCUT2D eigenvalue weighted by atomic mass is 10.1. The topological polar surface area (TPSA) is 111 Å². The lowest BCUT2D eigenvalue weighted by Gasteiger charge is -2.26. The minimum absolute atomic E-state index is 0.0620. The number of nitrogens with zero attached hydrogens (tertiary/aromatic N) is 2. The largest absolute Gasteiger partial charge is 0.454 e. The van der Waals surface area contributed by atoms with E-state index in [0.717, 1.165) is 4.90 Å². The van der Waals surface area contributed by atoms with Crippen LogP contribution in [-0.2, 0) is 14.3 Å². The maximum atomic E-state index is 13.0. The van der Waals surface area contributed by atoms with E-state index in [0.29, 0.717) is 49.4 Å². The second kappa shape index (κ2) is 7.23. The van der Waals surface area contributed by atoms with Crippen molar-refractivity contribution in [3.8, 4) is 11.5 Å². The van der Waals surface area contributed by atoms with Crippen molar-refractivity contribution in [1.29, 1.82) is 0 Å². The molecule has 2 saturated heterocycles. The number of imide groups is 2. The number of ether oxygens (including phenoxy) is 3. The fourth-order valence-corrected chi connectivity index (χ4v) is 3.43. The molecule has 0 bridgehead atoms. The number of barbiturate groups is 1. The normalized spacial score (nSPS) is 20.1. The van der Waals surface area contributed by atoms with Gasteiger partial charge in [-0.15, -0.1) is 0 Å². The van der Waals surface area contributed by atoms with Crippen LogP contribution in [0.2, 0.25) is 0 Å². The first-order valence-corrected chi connectivity index (χ1v) is 9.34. The number of amides is 4. The highest BCUT2D eigenvalue weighted by Crippen LogP contribution is 2.36. The van der Waals surface area contributed by atoms with Gasteiger partial charge in [0, 0.05) is 25.2 Å². The quantitative estimate of drug-likeness (QED) is 0.598. The molecule has 2 aromatic rings. The predicted molar refractivity (Wildman–Crippen MR) is 103 cm³/mol. The van der Waals surface area contributed by atoms with Crippen LogP contribution in [-0.4, -0.2) is 50.9 Å². The zero-order valence-electron chi connectivity index (χ0n) is 15.8. The molecule has 4 heterocycles. The van der Waals surface area contributed by atoms with Crippen molar-refractivity contribution in [3.05, 3.63) is 41.7 Å². The van der Waals surface area contributed by atoms with Gasteiger partial charge in [-0.1, -0.05) is 0 Å². The summed E-state index contributed by atoms with van der Waals surface area (Å²) in [5.74, 6) is 0.337. The third-order valence-electron chi connectivity index (χ3n) is 4.94. The summed E-state index contributed by atoms with van der Waals surface area (Å²) in [5, 5.41) is 2.18. The number of nitrogens with one attached hydrogen (secondary N) is 1. The van der Waals surface area contributed by atoms with Crippen LogP contribution in [0.15, 0.2) is 40.3 Å². The molecule has 3 aliphatic rings. The summed E-state index contributed by atoms with van der Waals surface area (Å²) >= 11 is 0. The molecule has 0 spiro atoms. The van der Waals surface area contributed by atoms with Gasteiger partial charge in [0.05, 0.1) is 18.9 Å². The van der Waals surface area contributed by atoms with Gasteiger partial charge >= 0.3 is 6.03 Å². The maximum absolute atomic E-state index is 13.0. The van der Waals surface area contributed by atoms with Gasteiger partial charge in [0.25, 0.3) is 11.8 Å². The van der Waals surface area contributed by atoms with Crippen LogP contribution in [0.1, 0.15) is 5.76 Å². The van der Waals surface area contributed by atoms with E-state index in [9.17, 15) is 14.4 Å². The van der Waals surface area contributed by atoms with Crippen molar-refractivity contribution in [2.45, 2.75) is 0 Å². The molecule has 3 aliphatic heterocycles. The van der Waals surface area contributed by atoms with Crippen molar-refractivity contribution < 1.29 is 33.0 Å². The molecular weight excluding hydrogens is 394 g/mol. The van der Waals surface area contributed by atoms with Crippen LogP contribution < -0.4 is 24.6 Å². The number of hydrogen-bond donors (Lipinski definition) is 1. The van der Waals surface area contributed by atoms with Gasteiger partial charge < -0.3 is 23.5 Å². The van der Waals surface area contributed by atoms with E-state index in [4.69, 9.17) is 18.6 Å². The van der Waals surface area contributed by atoms with Gasteiger partial charge in [-0.2, -0.15) is 0 Å². The molecule has 10 nitrogen and oxygen atoms in total. The Morgan fingerprint density at radius 2 is 1.77 bits per heavy atom. The summed E-state index contributed by atoms with van der Waals surface area (Å²) in [6.45, 7) is 2.65. The molecule has 4 amide bonds. The van der Waals surface area contributed by atoms with Gasteiger partial charge in [-0.05, 0) is 24.3 Å². The summed E-state index contributed by atoms with van der Waals surface area (Å²) in [4.78, 5) is 40.6. The minimum Gasteiger partial charge on any atom is -0.454 e. The zero-order chi connectivity index (χ0) is 20.7. The Balaban J connectivity index is 1.43. The Bertz CT molecular complexity index is 1070. The molecule has 10 heteroatoms. The molecule has 0 saturated carbocycles. The van der Waals surface area contributed by atoms with Gasteiger partial charge in [0.15, 0.2) is 17.4 Å². The van der Waals surface area contributed by atoms with Crippen LogP contribution in [0, 0.1) is 0 Å². The van der Waals surface area contributed by atoms with E-state index in [1.165, 1.54) is 12.1 Å².